The van der Waals surface area contributed by atoms with Crippen LogP contribution in [0.5, 0.6) is 0 Å². The van der Waals surface area contributed by atoms with Crippen molar-refractivity contribution in [3.63, 3.8) is 0 Å². The Bertz CT molecular complexity index is 179. The molecule has 1 heterocycles. The Morgan fingerprint density at radius 3 is 3.07 bits per heavy atom. The second kappa shape index (κ2) is 5.86. The van der Waals surface area contributed by atoms with Crippen LogP contribution >= 0.6 is 0 Å². The number of alkyl carbamates (subject to hydrolysis) is 1. The Kier molecular flexibility index (Phi) is 4.73. The van der Waals surface area contributed by atoms with Crippen LogP contribution in [0.2, 0.25) is 0 Å². The summed E-state index contributed by atoms with van der Waals surface area (Å²) >= 11 is 0. The first-order valence-corrected chi connectivity index (χ1v) is 5.38. The van der Waals surface area contributed by atoms with E-state index in [1.807, 2.05) is 13.8 Å². The van der Waals surface area contributed by atoms with Gasteiger partial charge in [-0.05, 0) is 45.7 Å². The molecule has 1 aliphatic heterocycles. The quantitative estimate of drug-likeness (QED) is 0.717. The standard InChI is InChI=1S/C10H20N2O2/c1-3-14-10(13)12-8(2)9-5-4-6-11-7-9/h8-9,11H,3-7H2,1-2H3,(H,12,13). The fourth-order valence-electron chi connectivity index (χ4n) is 1.78. The number of hydrogen-bond donors (Lipinski definition) is 2. The van der Waals surface area contributed by atoms with Gasteiger partial charge in [0.2, 0.25) is 0 Å². The first-order valence-electron chi connectivity index (χ1n) is 5.38. The average Bonchev–Trinajstić information content (AvgIpc) is 2.19. The third-order valence-electron chi connectivity index (χ3n) is 2.66. The summed E-state index contributed by atoms with van der Waals surface area (Å²) in [4.78, 5) is 11.1. The molecule has 1 amide bonds. The smallest absolute Gasteiger partial charge is 0.407 e. The minimum Gasteiger partial charge on any atom is -0.450 e. The minimum atomic E-state index is -0.300. The van der Waals surface area contributed by atoms with Gasteiger partial charge < -0.3 is 15.4 Å². The number of amides is 1. The van der Waals surface area contributed by atoms with Crippen molar-refractivity contribution >= 4 is 6.09 Å². The molecule has 0 spiro atoms. The van der Waals surface area contributed by atoms with Crippen LogP contribution in [0.3, 0.4) is 0 Å². The molecule has 1 fully saturated rings. The number of hydrogen-bond acceptors (Lipinski definition) is 3. The zero-order chi connectivity index (χ0) is 10.4. The summed E-state index contributed by atoms with van der Waals surface area (Å²) in [6, 6.07) is 0.196. The molecule has 0 radical (unpaired) electrons. The van der Waals surface area contributed by atoms with Crippen molar-refractivity contribution in [2.75, 3.05) is 19.7 Å². The topological polar surface area (TPSA) is 50.4 Å². The van der Waals surface area contributed by atoms with E-state index < -0.39 is 0 Å². The van der Waals surface area contributed by atoms with Gasteiger partial charge in [0.25, 0.3) is 0 Å². The highest BCUT2D eigenvalue weighted by Crippen LogP contribution is 2.13. The highest BCUT2D eigenvalue weighted by atomic mass is 16.5. The number of nitrogens with one attached hydrogen (secondary N) is 2. The molecule has 0 aromatic heterocycles. The Morgan fingerprint density at radius 2 is 2.50 bits per heavy atom. The van der Waals surface area contributed by atoms with Gasteiger partial charge in [0.1, 0.15) is 0 Å². The van der Waals surface area contributed by atoms with E-state index in [-0.39, 0.29) is 12.1 Å². The maximum Gasteiger partial charge on any atom is 0.407 e. The summed E-state index contributed by atoms with van der Waals surface area (Å²) in [6.07, 6.45) is 2.07. The van der Waals surface area contributed by atoms with Crippen LogP contribution < -0.4 is 10.6 Å². The molecular weight excluding hydrogens is 180 g/mol. The Morgan fingerprint density at radius 1 is 1.71 bits per heavy atom. The van der Waals surface area contributed by atoms with Crippen molar-refractivity contribution in [3.05, 3.63) is 0 Å². The summed E-state index contributed by atoms with van der Waals surface area (Å²) in [6.45, 7) is 6.37. The lowest BCUT2D eigenvalue weighted by molar-refractivity contribution is 0.143. The summed E-state index contributed by atoms with van der Waals surface area (Å²) in [5, 5.41) is 6.18. The largest absolute Gasteiger partial charge is 0.450 e. The molecule has 0 aliphatic carbocycles. The van der Waals surface area contributed by atoms with E-state index in [4.69, 9.17) is 4.74 Å². The summed E-state index contributed by atoms with van der Waals surface area (Å²) < 4.78 is 4.83. The average molecular weight is 200 g/mol. The van der Waals surface area contributed by atoms with E-state index in [0.717, 1.165) is 13.1 Å². The lowest BCUT2D eigenvalue weighted by Crippen LogP contribution is -2.44. The molecule has 2 N–H and O–H groups in total. The number of piperidine rings is 1. The second-order valence-electron chi connectivity index (χ2n) is 3.76. The number of carbonyl (C=O) groups excluding carboxylic acids is 1. The van der Waals surface area contributed by atoms with Crippen molar-refractivity contribution in [1.82, 2.24) is 10.6 Å². The highest BCUT2D eigenvalue weighted by Gasteiger charge is 2.21. The predicted molar refractivity (Wildman–Crippen MR) is 55.2 cm³/mol. The van der Waals surface area contributed by atoms with Gasteiger partial charge in [-0.1, -0.05) is 0 Å². The van der Waals surface area contributed by atoms with Crippen molar-refractivity contribution in [3.8, 4) is 0 Å². The normalized spacial score (nSPS) is 24.0. The SMILES string of the molecule is CCOC(=O)NC(C)C1CCCNC1. The van der Waals surface area contributed by atoms with Crippen LogP contribution in [-0.2, 0) is 4.74 Å². The van der Waals surface area contributed by atoms with E-state index >= 15 is 0 Å². The van der Waals surface area contributed by atoms with Crippen LogP contribution in [0.15, 0.2) is 0 Å². The zero-order valence-corrected chi connectivity index (χ0v) is 9.01. The molecule has 2 unspecified atom stereocenters. The van der Waals surface area contributed by atoms with Crippen LogP contribution in [-0.4, -0.2) is 31.8 Å². The molecular formula is C10H20N2O2. The van der Waals surface area contributed by atoms with Crippen molar-refractivity contribution < 1.29 is 9.53 Å². The summed E-state index contributed by atoms with van der Waals surface area (Å²) in [7, 11) is 0. The summed E-state index contributed by atoms with van der Waals surface area (Å²) in [5.74, 6) is 0.535. The molecule has 1 aliphatic rings. The first-order chi connectivity index (χ1) is 6.74. The van der Waals surface area contributed by atoms with Crippen molar-refractivity contribution in [1.29, 1.82) is 0 Å². The Hall–Kier alpha value is -0.770. The van der Waals surface area contributed by atoms with Gasteiger partial charge in [-0.2, -0.15) is 0 Å². The maximum atomic E-state index is 11.1. The third-order valence-corrected chi connectivity index (χ3v) is 2.66. The molecule has 0 aromatic rings. The van der Waals surface area contributed by atoms with Gasteiger partial charge in [-0.25, -0.2) is 4.79 Å². The van der Waals surface area contributed by atoms with E-state index in [0.29, 0.717) is 12.5 Å². The van der Waals surface area contributed by atoms with Gasteiger partial charge in [-0.3, -0.25) is 0 Å². The van der Waals surface area contributed by atoms with Crippen LogP contribution in [0.4, 0.5) is 4.79 Å². The minimum absolute atomic E-state index is 0.196. The van der Waals surface area contributed by atoms with Gasteiger partial charge in [0, 0.05) is 6.04 Å². The Labute approximate surface area is 85.4 Å². The van der Waals surface area contributed by atoms with Crippen LogP contribution in [0.1, 0.15) is 26.7 Å². The highest BCUT2D eigenvalue weighted by molar-refractivity contribution is 5.67. The van der Waals surface area contributed by atoms with E-state index in [9.17, 15) is 4.79 Å². The molecule has 1 rings (SSSR count). The molecule has 1 saturated heterocycles. The summed E-state index contributed by atoms with van der Waals surface area (Å²) in [5.41, 5.74) is 0. The van der Waals surface area contributed by atoms with E-state index in [2.05, 4.69) is 10.6 Å². The molecule has 14 heavy (non-hydrogen) atoms. The molecule has 4 heteroatoms. The van der Waals surface area contributed by atoms with Gasteiger partial charge in [-0.15, -0.1) is 0 Å². The molecule has 4 nitrogen and oxygen atoms in total. The zero-order valence-electron chi connectivity index (χ0n) is 9.01. The van der Waals surface area contributed by atoms with Crippen LogP contribution in [0, 0.1) is 5.92 Å². The molecule has 82 valence electrons. The molecule has 0 saturated carbocycles. The monoisotopic (exact) mass is 200 g/mol. The maximum absolute atomic E-state index is 11.1. The lowest BCUT2D eigenvalue weighted by Gasteiger charge is -2.28. The fraction of sp³-hybridized carbons (Fsp3) is 0.900. The first kappa shape index (κ1) is 11.3. The van der Waals surface area contributed by atoms with E-state index in [1.54, 1.807) is 0 Å². The van der Waals surface area contributed by atoms with Crippen LogP contribution in [0.25, 0.3) is 0 Å². The van der Waals surface area contributed by atoms with Gasteiger partial charge in [0.05, 0.1) is 6.61 Å². The molecule has 2 atom stereocenters. The molecule has 0 aromatic carbocycles. The van der Waals surface area contributed by atoms with Crippen molar-refractivity contribution in [2.45, 2.75) is 32.7 Å². The van der Waals surface area contributed by atoms with E-state index in [1.165, 1.54) is 12.8 Å². The third kappa shape index (κ3) is 3.54. The Balaban J connectivity index is 2.25. The second-order valence-corrected chi connectivity index (χ2v) is 3.76. The van der Waals surface area contributed by atoms with Gasteiger partial charge in [0.15, 0.2) is 0 Å². The predicted octanol–water partition coefficient (Wildman–Crippen LogP) is 1.12. The van der Waals surface area contributed by atoms with Gasteiger partial charge >= 0.3 is 6.09 Å². The number of ether oxygens (including phenoxy) is 1. The number of rotatable bonds is 3. The van der Waals surface area contributed by atoms with Crippen molar-refractivity contribution in [2.24, 2.45) is 5.92 Å². The number of carbonyl (C=O) groups is 1. The fourth-order valence-corrected chi connectivity index (χ4v) is 1.78. The lowest BCUT2D eigenvalue weighted by atomic mass is 9.93. The molecule has 0 bridgehead atoms.